The molecule has 5 nitrogen and oxygen atoms in total. The summed E-state index contributed by atoms with van der Waals surface area (Å²) in [6, 6.07) is -1.67. The molecule has 0 rings (SSSR count). The summed E-state index contributed by atoms with van der Waals surface area (Å²) in [5.41, 5.74) is -0.814. The van der Waals surface area contributed by atoms with Gasteiger partial charge in [-0.15, -0.1) is 0 Å². The average molecular weight is 309 g/mol. The van der Waals surface area contributed by atoms with Gasteiger partial charge in [0.25, 0.3) is 0 Å². The average Bonchev–Trinajstić information content (AvgIpc) is 2.24. The second-order valence-electron chi connectivity index (χ2n) is 6.17. The monoisotopic (exact) mass is 309 g/mol. The maximum Gasteiger partial charge on any atom is 0.408 e. The number of hydrogen-bond acceptors (Lipinski definition) is 4. The highest BCUT2D eigenvalue weighted by Gasteiger charge is 2.50. The van der Waals surface area contributed by atoms with Gasteiger partial charge in [0, 0.05) is 0 Å². The van der Waals surface area contributed by atoms with E-state index in [1.807, 2.05) is 0 Å². The molecule has 124 valence electrons. The summed E-state index contributed by atoms with van der Waals surface area (Å²) in [7, 11) is 0. The zero-order valence-electron chi connectivity index (χ0n) is 13.5. The Bertz CT molecular complexity index is 364. The molecule has 0 spiro atoms. The zero-order valence-corrected chi connectivity index (χ0v) is 13.5. The fourth-order valence-electron chi connectivity index (χ4n) is 1.59. The van der Waals surface area contributed by atoms with Crippen LogP contribution in [0.25, 0.3) is 0 Å². The van der Waals surface area contributed by atoms with Crippen molar-refractivity contribution >= 4 is 12.1 Å². The number of carbonyl (C=O) groups is 2. The molecule has 0 fully saturated rings. The largest absolute Gasteiger partial charge is 0.461 e. The minimum Gasteiger partial charge on any atom is -0.461 e. The zero-order chi connectivity index (χ0) is 16.8. The van der Waals surface area contributed by atoms with Gasteiger partial charge >= 0.3 is 18.0 Å². The molecule has 0 aliphatic carbocycles. The van der Waals surface area contributed by atoms with Crippen molar-refractivity contribution in [2.45, 2.75) is 65.5 Å². The first-order valence-corrected chi connectivity index (χ1v) is 6.94. The fourth-order valence-corrected chi connectivity index (χ4v) is 1.59. The summed E-state index contributed by atoms with van der Waals surface area (Å²) in [6.45, 7) is 9.56. The molecule has 0 heterocycles. The van der Waals surface area contributed by atoms with E-state index in [1.165, 1.54) is 6.92 Å². The second-order valence-corrected chi connectivity index (χ2v) is 6.17. The third-order valence-electron chi connectivity index (χ3n) is 2.38. The van der Waals surface area contributed by atoms with E-state index in [0.29, 0.717) is 0 Å². The number of alkyl halides is 2. The summed E-state index contributed by atoms with van der Waals surface area (Å²) in [4.78, 5) is 23.0. The van der Waals surface area contributed by atoms with E-state index in [2.05, 4.69) is 10.1 Å². The summed E-state index contributed by atoms with van der Waals surface area (Å²) in [5, 5.41) is 2.07. The summed E-state index contributed by atoms with van der Waals surface area (Å²) >= 11 is 0. The highest BCUT2D eigenvalue weighted by Crippen LogP contribution is 2.26. The Hall–Kier alpha value is -1.40. The van der Waals surface area contributed by atoms with E-state index in [-0.39, 0.29) is 18.9 Å². The molecule has 0 saturated heterocycles. The Morgan fingerprint density at radius 2 is 1.71 bits per heavy atom. The molecule has 7 heteroatoms. The van der Waals surface area contributed by atoms with Gasteiger partial charge in [0.15, 0.2) is 0 Å². The number of carbonyl (C=O) groups excluding carboxylic acids is 2. The molecule has 21 heavy (non-hydrogen) atoms. The van der Waals surface area contributed by atoms with Gasteiger partial charge in [-0.1, -0.05) is 13.8 Å². The Morgan fingerprint density at radius 1 is 1.19 bits per heavy atom. The number of hydrogen-bond donors (Lipinski definition) is 1. The molecule has 0 aromatic rings. The van der Waals surface area contributed by atoms with Crippen LogP contribution in [0.3, 0.4) is 0 Å². The van der Waals surface area contributed by atoms with E-state index in [9.17, 15) is 18.4 Å². The number of amides is 1. The van der Waals surface area contributed by atoms with E-state index in [0.717, 1.165) is 0 Å². The van der Waals surface area contributed by atoms with Crippen LogP contribution >= 0.6 is 0 Å². The predicted molar refractivity (Wildman–Crippen MR) is 74.2 cm³/mol. The predicted octanol–water partition coefficient (Wildman–Crippen LogP) is 3.12. The van der Waals surface area contributed by atoms with Crippen LogP contribution in [0.15, 0.2) is 0 Å². The number of nitrogens with one attached hydrogen (secondary N) is 1. The summed E-state index contributed by atoms with van der Waals surface area (Å²) in [5.74, 6) is -5.60. The second kappa shape index (κ2) is 7.56. The van der Waals surface area contributed by atoms with Crippen molar-refractivity contribution in [3.8, 4) is 0 Å². The number of halogens is 2. The van der Waals surface area contributed by atoms with Gasteiger partial charge < -0.3 is 14.8 Å². The van der Waals surface area contributed by atoms with E-state index in [1.54, 1.807) is 34.6 Å². The van der Waals surface area contributed by atoms with E-state index in [4.69, 9.17) is 4.74 Å². The van der Waals surface area contributed by atoms with Crippen molar-refractivity contribution in [1.82, 2.24) is 5.32 Å². The third kappa shape index (κ3) is 7.24. The van der Waals surface area contributed by atoms with Gasteiger partial charge in [-0.2, -0.15) is 8.78 Å². The maximum absolute atomic E-state index is 14.1. The lowest BCUT2D eigenvalue weighted by Gasteiger charge is -2.28. The van der Waals surface area contributed by atoms with Crippen LogP contribution in [0, 0.1) is 5.92 Å². The van der Waals surface area contributed by atoms with Crippen LogP contribution in [0.5, 0.6) is 0 Å². The van der Waals surface area contributed by atoms with E-state index >= 15 is 0 Å². The Labute approximate surface area is 124 Å². The fraction of sp³-hybridized carbons (Fsp3) is 0.857. The van der Waals surface area contributed by atoms with Crippen molar-refractivity contribution in [3.63, 3.8) is 0 Å². The molecule has 0 aliphatic heterocycles. The molecule has 0 bridgehead atoms. The van der Waals surface area contributed by atoms with Gasteiger partial charge in [-0.05, 0) is 40.0 Å². The smallest absolute Gasteiger partial charge is 0.408 e. The van der Waals surface area contributed by atoms with E-state index < -0.39 is 29.6 Å². The standard InChI is InChI=1S/C14H25F2NO4/c1-7-20-11(18)14(15,16)10(8-9(2)3)17-12(19)21-13(4,5)6/h9-10H,7-8H2,1-6H3,(H,17,19)/t10-/m0/s1. The highest BCUT2D eigenvalue weighted by molar-refractivity contribution is 5.80. The molecule has 0 radical (unpaired) electrons. The van der Waals surface area contributed by atoms with Crippen LogP contribution in [0.4, 0.5) is 13.6 Å². The number of alkyl carbamates (subject to hydrolysis) is 1. The number of esters is 1. The van der Waals surface area contributed by atoms with Gasteiger partial charge in [-0.3, -0.25) is 0 Å². The molecular weight excluding hydrogens is 284 g/mol. The molecule has 0 aromatic heterocycles. The normalized spacial score (nSPS) is 13.8. The lowest BCUT2D eigenvalue weighted by atomic mass is 9.98. The molecule has 0 unspecified atom stereocenters. The summed E-state index contributed by atoms with van der Waals surface area (Å²) < 4.78 is 37.5. The molecule has 1 amide bonds. The Kier molecular flexibility index (Phi) is 7.06. The molecule has 1 N–H and O–H groups in total. The quantitative estimate of drug-likeness (QED) is 0.766. The van der Waals surface area contributed by atoms with Crippen molar-refractivity contribution in [2.24, 2.45) is 5.92 Å². The van der Waals surface area contributed by atoms with Crippen LogP contribution in [0.1, 0.15) is 48.0 Å². The van der Waals surface area contributed by atoms with Crippen LogP contribution < -0.4 is 5.32 Å². The first-order chi connectivity index (χ1) is 9.40. The third-order valence-corrected chi connectivity index (χ3v) is 2.38. The Morgan fingerprint density at radius 3 is 2.10 bits per heavy atom. The van der Waals surface area contributed by atoms with Crippen LogP contribution in [0.2, 0.25) is 0 Å². The van der Waals surface area contributed by atoms with Crippen molar-refractivity contribution in [3.05, 3.63) is 0 Å². The summed E-state index contributed by atoms with van der Waals surface area (Å²) in [6.07, 6.45) is -1.07. The molecule has 0 saturated carbocycles. The first-order valence-electron chi connectivity index (χ1n) is 6.94. The van der Waals surface area contributed by atoms with Gasteiger partial charge in [0.05, 0.1) is 6.61 Å². The minimum absolute atomic E-state index is 0.0783. The molecule has 0 aromatic carbocycles. The lowest BCUT2D eigenvalue weighted by Crippen LogP contribution is -2.54. The van der Waals surface area contributed by atoms with Gasteiger partial charge in [0.1, 0.15) is 11.6 Å². The van der Waals surface area contributed by atoms with Gasteiger partial charge in [0.2, 0.25) is 0 Å². The number of ether oxygens (including phenoxy) is 2. The highest BCUT2D eigenvalue weighted by atomic mass is 19.3. The molecule has 1 atom stereocenters. The number of rotatable bonds is 6. The minimum atomic E-state index is -3.81. The van der Waals surface area contributed by atoms with Crippen molar-refractivity contribution in [2.75, 3.05) is 6.61 Å². The first kappa shape index (κ1) is 19.6. The molecule has 0 aliphatic rings. The topological polar surface area (TPSA) is 64.6 Å². The van der Waals surface area contributed by atoms with Crippen molar-refractivity contribution < 1.29 is 27.8 Å². The SMILES string of the molecule is CCOC(=O)C(F)(F)[C@H](CC(C)C)NC(=O)OC(C)(C)C. The lowest BCUT2D eigenvalue weighted by molar-refractivity contribution is -0.176. The maximum atomic E-state index is 14.1. The molecular formula is C14H25F2NO4. The Balaban J connectivity index is 5.03. The van der Waals surface area contributed by atoms with Gasteiger partial charge in [-0.25, -0.2) is 9.59 Å². The van der Waals surface area contributed by atoms with Crippen LogP contribution in [-0.4, -0.2) is 36.2 Å². The van der Waals surface area contributed by atoms with Crippen LogP contribution in [-0.2, 0) is 14.3 Å². The van der Waals surface area contributed by atoms with Crippen molar-refractivity contribution in [1.29, 1.82) is 0 Å².